The number of rotatable bonds is 7. The lowest BCUT2D eigenvalue weighted by atomic mass is 9.96. The van der Waals surface area contributed by atoms with Gasteiger partial charge in [-0.25, -0.2) is 0 Å². The van der Waals surface area contributed by atoms with Crippen LogP contribution in [0.5, 0.6) is 0 Å². The Morgan fingerprint density at radius 3 is 2.60 bits per heavy atom. The van der Waals surface area contributed by atoms with E-state index in [0.717, 1.165) is 32.4 Å². The Labute approximate surface area is 156 Å². The highest BCUT2D eigenvalue weighted by atomic mass is 35.5. The van der Waals surface area contributed by atoms with E-state index in [1.165, 1.54) is 0 Å². The second-order valence-electron chi connectivity index (χ2n) is 6.66. The number of hydrogen-bond donors (Lipinski definition) is 3. The van der Waals surface area contributed by atoms with Crippen LogP contribution in [0.3, 0.4) is 0 Å². The van der Waals surface area contributed by atoms with Crippen LogP contribution in [-0.4, -0.2) is 37.5 Å². The Kier molecular flexibility index (Phi) is 9.53. The van der Waals surface area contributed by atoms with E-state index in [-0.39, 0.29) is 30.1 Å². The fourth-order valence-corrected chi connectivity index (χ4v) is 2.97. The summed E-state index contributed by atoms with van der Waals surface area (Å²) in [6.45, 7) is 6.71. The van der Waals surface area contributed by atoms with Crippen LogP contribution < -0.4 is 16.0 Å². The average molecular weight is 368 g/mol. The number of carbonyl (C=O) groups is 2. The number of hydrogen-bond acceptors (Lipinski definition) is 3. The van der Waals surface area contributed by atoms with E-state index in [1.54, 1.807) is 12.1 Å². The van der Waals surface area contributed by atoms with Gasteiger partial charge in [0.1, 0.15) is 6.04 Å². The average Bonchev–Trinajstić information content (AvgIpc) is 2.65. The van der Waals surface area contributed by atoms with Crippen molar-refractivity contribution in [1.82, 2.24) is 16.0 Å². The van der Waals surface area contributed by atoms with E-state index in [9.17, 15) is 9.59 Å². The second-order valence-corrected chi connectivity index (χ2v) is 6.66. The first kappa shape index (κ1) is 21.5. The standard InChI is InChI=1S/C19H29N3O2.ClH/c1-3-14(2)17(22-18(23)16-9-5-4-6-10-16)19(24)21-13-15-8-7-11-20-12-15;/h4-6,9-10,14-15,17,20H,3,7-8,11-13H2,1-2H3,(H,21,24)(H,22,23);1H. The van der Waals surface area contributed by atoms with E-state index in [1.807, 2.05) is 32.0 Å². The molecule has 6 heteroatoms. The van der Waals surface area contributed by atoms with Crippen molar-refractivity contribution < 1.29 is 9.59 Å². The van der Waals surface area contributed by atoms with E-state index in [0.29, 0.717) is 18.0 Å². The van der Waals surface area contributed by atoms with Gasteiger partial charge in [-0.1, -0.05) is 38.5 Å². The summed E-state index contributed by atoms with van der Waals surface area (Å²) in [5.41, 5.74) is 0.579. The molecule has 3 atom stereocenters. The van der Waals surface area contributed by atoms with Crippen LogP contribution in [0.2, 0.25) is 0 Å². The van der Waals surface area contributed by atoms with E-state index in [4.69, 9.17) is 0 Å². The summed E-state index contributed by atoms with van der Waals surface area (Å²) in [4.78, 5) is 25.0. The maximum atomic E-state index is 12.6. The third-order valence-corrected chi connectivity index (χ3v) is 4.78. The Morgan fingerprint density at radius 1 is 1.28 bits per heavy atom. The Hall–Kier alpha value is -1.59. The van der Waals surface area contributed by atoms with Gasteiger partial charge in [-0.2, -0.15) is 0 Å². The molecule has 1 aliphatic rings. The van der Waals surface area contributed by atoms with Crippen molar-refractivity contribution >= 4 is 24.2 Å². The minimum Gasteiger partial charge on any atom is -0.354 e. The molecule has 3 unspecified atom stereocenters. The number of benzene rings is 1. The normalized spacial score (nSPS) is 19.2. The van der Waals surface area contributed by atoms with Gasteiger partial charge in [0.15, 0.2) is 0 Å². The highest BCUT2D eigenvalue weighted by Gasteiger charge is 2.26. The van der Waals surface area contributed by atoms with Gasteiger partial charge in [-0.05, 0) is 49.9 Å². The third-order valence-electron chi connectivity index (χ3n) is 4.78. The topological polar surface area (TPSA) is 70.2 Å². The predicted molar refractivity (Wildman–Crippen MR) is 103 cm³/mol. The van der Waals surface area contributed by atoms with Gasteiger partial charge in [0.25, 0.3) is 5.91 Å². The molecule has 1 aromatic carbocycles. The molecule has 0 aliphatic carbocycles. The van der Waals surface area contributed by atoms with E-state index < -0.39 is 6.04 Å². The zero-order valence-electron chi connectivity index (χ0n) is 15.1. The third kappa shape index (κ3) is 6.67. The first-order valence-corrected chi connectivity index (χ1v) is 8.96. The summed E-state index contributed by atoms with van der Waals surface area (Å²) < 4.78 is 0. The lowest BCUT2D eigenvalue weighted by molar-refractivity contribution is -0.124. The quantitative estimate of drug-likeness (QED) is 0.693. The van der Waals surface area contributed by atoms with Crippen LogP contribution in [0.1, 0.15) is 43.5 Å². The molecule has 1 heterocycles. The van der Waals surface area contributed by atoms with E-state index >= 15 is 0 Å². The van der Waals surface area contributed by atoms with Crippen LogP contribution in [0.25, 0.3) is 0 Å². The van der Waals surface area contributed by atoms with Crippen LogP contribution in [-0.2, 0) is 4.79 Å². The number of piperidine rings is 1. The molecule has 0 saturated carbocycles. The summed E-state index contributed by atoms with van der Waals surface area (Å²) in [6, 6.07) is 8.53. The SMILES string of the molecule is CCC(C)C(NC(=O)c1ccccc1)C(=O)NCC1CCCNC1.Cl. The molecule has 3 N–H and O–H groups in total. The molecule has 5 nitrogen and oxygen atoms in total. The fraction of sp³-hybridized carbons (Fsp3) is 0.579. The molecule has 0 radical (unpaired) electrons. The number of nitrogens with one attached hydrogen (secondary N) is 3. The van der Waals surface area contributed by atoms with Gasteiger partial charge < -0.3 is 16.0 Å². The van der Waals surface area contributed by atoms with E-state index in [2.05, 4.69) is 16.0 Å². The number of halogens is 1. The number of carbonyl (C=O) groups excluding carboxylic acids is 2. The van der Waals surface area contributed by atoms with Crippen molar-refractivity contribution in [2.75, 3.05) is 19.6 Å². The predicted octanol–water partition coefficient (Wildman–Crippen LogP) is 2.37. The first-order valence-electron chi connectivity index (χ1n) is 8.96. The van der Waals surface area contributed by atoms with Crippen molar-refractivity contribution in [3.05, 3.63) is 35.9 Å². The van der Waals surface area contributed by atoms with Crippen LogP contribution in [0.15, 0.2) is 30.3 Å². The monoisotopic (exact) mass is 367 g/mol. The highest BCUT2D eigenvalue weighted by Crippen LogP contribution is 2.12. The molecule has 1 saturated heterocycles. The van der Waals surface area contributed by atoms with Gasteiger partial charge in [-0.3, -0.25) is 9.59 Å². The molecule has 140 valence electrons. The first-order chi connectivity index (χ1) is 11.6. The van der Waals surface area contributed by atoms with Crippen molar-refractivity contribution in [2.24, 2.45) is 11.8 Å². The molecular weight excluding hydrogens is 338 g/mol. The maximum absolute atomic E-state index is 12.6. The van der Waals surface area contributed by atoms with Crippen molar-refractivity contribution in [3.8, 4) is 0 Å². The minimum atomic E-state index is -0.501. The summed E-state index contributed by atoms with van der Waals surface area (Å²) >= 11 is 0. The molecule has 0 spiro atoms. The Bertz CT molecular complexity index is 533. The minimum absolute atomic E-state index is 0. The van der Waals surface area contributed by atoms with Gasteiger partial charge >= 0.3 is 0 Å². The molecule has 1 aromatic rings. The van der Waals surface area contributed by atoms with Crippen LogP contribution in [0, 0.1) is 11.8 Å². The molecule has 1 aliphatic heterocycles. The second kappa shape index (κ2) is 11.1. The van der Waals surface area contributed by atoms with Crippen LogP contribution >= 0.6 is 12.4 Å². The summed E-state index contributed by atoms with van der Waals surface area (Å²) in [5, 5.41) is 9.29. The smallest absolute Gasteiger partial charge is 0.251 e. The molecule has 0 aromatic heterocycles. The highest BCUT2D eigenvalue weighted by molar-refractivity contribution is 5.97. The van der Waals surface area contributed by atoms with Gasteiger partial charge in [0.05, 0.1) is 0 Å². The lowest BCUT2D eigenvalue weighted by Crippen LogP contribution is -2.51. The zero-order valence-corrected chi connectivity index (χ0v) is 15.9. The van der Waals surface area contributed by atoms with Crippen molar-refractivity contribution in [3.63, 3.8) is 0 Å². The summed E-state index contributed by atoms with van der Waals surface area (Å²) in [6.07, 6.45) is 3.12. The van der Waals surface area contributed by atoms with Crippen molar-refractivity contribution in [1.29, 1.82) is 0 Å². The molecular formula is C19H30ClN3O2. The van der Waals surface area contributed by atoms with Crippen molar-refractivity contribution in [2.45, 2.75) is 39.2 Å². The van der Waals surface area contributed by atoms with Gasteiger partial charge in [-0.15, -0.1) is 12.4 Å². The van der Waals surface area contributed by atoms with Crippen LogP contribution in [0.4, 0.5) is 0 Å². The lowest BCUT2D eigenvalue weighted by Gasteiger charge is -2.26. The molecule has 1 fully saturated rings. The molecule has 25 heavy (non-hydrogen) atoms. The maximum Gasteiger partial charge on any atom is 0.251 e. The Morgan fingerprint density at radius 2 is 2.00 bits per heavy atom. The Balaban J connectivity index is 0.00000312. The summed E-state index contributed by atoms with van der Waals surface area (Å²) in [5.74, 6) is 0.279. The largest absolute Gasteiger partial charge is 0.354 e. The zero-order chi connectivity index (χ0) is 17.4. The molecule has 0 bridgehead atoms. The molecule has 2 amide bonds. The number of amides is 2. The van der Waals surface area contributed by atoms with Gasteiger partial charge in [0, 0.05) is 12.1 Å². The van der Waals surface area contributed by atoms with Gasteiger partial charge in [0.2, 0.25) is 5.91 Å². The summed E-state index contributed by atoms with van der Waals surface area (Å²) in [7, 11) is 0. The fourth-order valence-electron chi connectivity index (χ4n) is 2.97. The molecule has 2 rings (SSSR count).